The number of anilines is 1. The summed E-state index contributed by atoms with van der Waals surface area (Å²) in [5.41, 5.74) is 2.17. The fourth-order valence-electron chi connectivity index (χ4n) is 1.83. The summed E-state index contributed by atoms with van der Waals surface area (Å²) in [4.78, 5) is 13.8. The number of likely N-dealkylation sites (N-methyl/N-ethyl adjacent to an activating group) is 1. The highest BCUT2D eigenvalue weighted by Gasteiger charge is 2.17. The first-order chi connectivity index (χ1) is 7.58. The molecule has 0 N–H and O–H groups in total. The van der Waals surface area contributed by atoms with E-state index in [1.807, 2.05) is 0 Å². The van der Waals surface area contributed by atoms with Crippen molar-refractivity contribution in [1.29, 1.82) is 0 Å². The summed E-state index contributed by atoms with van der Waals surface area (Å²) < 4.78 is 1.18. The highest BCUT2D eigenvalue weighted by atomic mass is 127. The molecule has 0 radical (unpaired) electrons. The molecule has 0 atom stereocenters. The Hall–Kier alpha value is -0.430. The van der Waals surface area contributed by atoms with Crippen LogP contribution < -0.4 is 4.90 Å². The second kappa shape index (κ2) is 4.83. The first-order valence-corrected chi connectivity index (χ1v) is 6.60. The molecule has 0 spiro atoms. The van der Waals surface area contributed by atoms with E-state index in [4.69, 9.17) is 0 Å². The van der Waals surface area contributed by atoms with Crippen LogP contribution in [0.2, 0.25) is 0 Å². The van der Waals surface area contributed by atoms with E-state index < -0.39 is 0 Å². The Morgan fingerprint density at radius 2 is 1.50 bits per heavy atom. The molecule has 0 saturated carbocycles. The third kappa shape index (κ3) is 2.45. The van der Waals surface area contributed by atoms with E-state index in [9.17, 15) is 0 Å². The van der Waals surface area contributed by atoms with Gasteiger partial charge in [0.15, 0.2) is 0 Å². The number of nitrogens with zero attached hydrogens (tertiary/aromatic N) is 4. The molecule has 1 fully saturated rings. The van der Waals surface area contributed by atoms with Gasteiger partial charge < -0.3 is 9.80 Å². The van der Waals surface area contributed by atoms with Gasteiger partial charge in [0.2, 0.25) is 5.95 Å². The minimum Gasteiger partial charge on any atom is -0.338 e. The van der Waals surface area contributed by atoms with Crippen molar-refractivity contribution in [2.75, 3.05) is 38.1 Å². The Balaban J connectivity index is 2.21. The van der Waals surface area contributed by atoms with Gasteiger partial charge in [0.05, 0.1) is 15.0 Å². The molecule has 1 aromatic rings. The molecule has 1 aromatic heterocycles. The van der Waals surface area contributed by atoms with Crippen molar-refractivity contribution >= 4 is 28.5 Å². The van der Waals surface area contributed by atoms with Gasteiger partial charge in [-0.3, -0.25) is 0 Å². The lowest BCUT2D eigenvalue weighted by atomic mass is 10.3. The summed E-state index contributed by atoms with van der Waals surface area (Å²) in [6, 6.07) is 0. The average Bonchev–Trinajstić information content (AvgIpc) is 2.26. The van der Waals surface area contributed by atoms with Crippen molar-refractivity contribution in [3.63, 3.8) is 0 Å². The van der Waals surface area contributed by atoms with Crippen LogP contribution in [0.5, 0.6) is 0 Å². The van der Waals surface area contributed by atoms with Crippen molar-refractivity contribution < 1.29 is 0 Å². The smallest absolute Gasteiger partial charge is 0.225 e. The number of aryl methyl sites for hydroxylation is 2. The highest BCUT2D eigenvalue weighted by Crippen LogP contribution is 2.17. The zero-order valence-corrected chi connectivity index (χ0v) is 12.2. The average molecular weight is 332 g/mol. The fraction of sp³-hybridized carbons (Fsp3) is 0.636. The van der Waals surface area contributed by atoms with Gasteiger partial charge in [0.1, 0.15) is 0 Å². The van der Waals surface area contributed by atoms with Gasteiger partial charge in [-0.1, -0.05) is 0 Å². The van der Waals surface area contributed by atoms with Crippen molar-refractivity contribution in [2.45, 2.75) is 13.8 Å². The predicted octanol–water partition coefficient (Wildman–Crippen LogP) is 1.45. The Labute approximate surface area is 110 Å². The van der Waals surface area contributed by atoms with Gasteiger partial charge >= 0.3 is 0 Å². The molecule has 1 aliphatic rings. The second-order valence-electron chi connectivity index (χ2n) is 4.30. The lowest BCUT2D eigenvalue weighted by Gasteiger charge is -2.32. The zero-order chi connectivity index (χ0) is 11.7. The Kier molecular flexibility index (Phi) is 3.63. The van der Waals surface area contributed by atoms with Gasteiger partial charge in [-0.05, 0) is 43.5 Å². The van der Waals surface area contributed by atoms with Crippen molar-refractivity contribution in [3.05, 3.63) is 15.0 Å². The lowest BCUT2D eigenvalue weighted by molar-refractivity contribution is 0.311. The number of aromatic nitrogens is 2. The van der Waals surface area contributed by atoms with Crippen LogP contribution in [0.3, 0.4) is 0 Å². The molecule has 0 bridgehead atoms. The molecule has 16 heavy (non-hydrogen) atoms. The van der Waals surface area contributed by atoms with Gasteiger partial charge in [-0.2, -0.15) is 0 Å². The van der Waals surface area contributed by atoms with Crippen LogP contribution in [0.1, 0.15) is 11.4 Å². The number of hydrogen-bond donors (Lipinski definition) is 0. The Morgan fingerprint density at radius 3 is 2.00 bits per heavy atom. The molecular formula is C11H17IN4. The third-order valence-electron chi connectivity index (χ3n) is 2.96. The molecule has 0 aromatic carbocycles. The molecule has 1 saturated heterocycles. The molecular weight excluding hydrogens is 315 g/mol. The van der Waals surface area contributed by atoms with Crippen molar-refractivity contribution in [3.8, 4) is 0 Å². The van der Waals surface area contributed by atoms with E-state index in [1.54, 1.807) is 0 Å². The second-order valence-corrected chi connectivity index (χ2v) is 5.38. The molecule has 5 heteroatoms. The molecule has 2 rings (SSSR count). The highest BCUT2D eigenvalue weighted by molar-refractivity contribution is 14.1. The van der Waals surface area contributed by atoms with Crippen LogP contribution in [0, 0.1) is 17.4 Å². The van der Waals surface area contributed by atoms with Crippen LogP contribution in [-0.2, 0) is 0 Å². The Bertz CT molecular complexity index is 363. The number of piperazine rings is 1. The number of halogens is 1. The van der Waals surface area contributed by atoms with Gasteiger partial charge in [0, 0.05) is 26.2 Å². The molecule has 88 valence electrons. The maximum atomic E-state index is 4.57. The maximum absolute atomic E-state index is 4.57. The summed E-state index contributed by atoms with van der Waals surface area (Å²) >= 11 is 2.31. The number of rotatable bonds is 1. The molecule has 0 aliphatic carbocycles. The summed E-state index contributed by atoms with van der Waals surface area (Å²) in [6.45, 7) is 8.33. The monoisotopic (exact) mass is 332 g/mol. The molecule has 4 nitrogen and oxygen atoms in total. The van der Waals surface area contributed by atoms with Crippen molar-refractivity contribution in [1.82, 2.24) is 14.9 Å². The normalized spacial score (nSPS) is 17.9. The maximum Gasteiger partial charge on any atom is 0.225 e. The molecule has 1 aliphatic heterocycles. The topological polar surface area (TPSA) is 32.3 Å². The lowest BCUT2D eigenvalue weighted by Crippen LogP contribution is -2.45. The van der Waals surface area contributed by atoms with E-state index in [-0.39, 0.29) is 0 Å². The van der Waals surface area contributed by atoms with Gasteiger partial charge in [-0.25, -0.2) is 9.97 Å². The first-order valence-electron chi connectivity index (χ1n) is 5.52. The molecule has 0 amide bonds. The quantitative estimate of drug-likeness (QED) is 0.729. The van der Waals surface area contributed by atoms with E-state index in [2.05, 4.69) is 63.3 Å². The standard InChI is InChI=1S/C11H17IN4/c1-8-10(12)9(2)14-11(13-8)16-6-4-15(3)5-7-16/h4-7H2,1-3H3. The third-order valence-corrected chi connectivity index (χ3v) is 4.52. The summed E-state index contributed by atoms with van der Waals surface area (Å²) in [5, 5.41) is 0. The van der Waals surface area contributed by atoms with Gasteiger partial charge in [0.25, 0.3) is 0 Å². The Morgan fingerprint density at radius 1 is 1.00 bits per heavy atom. The zero-order valence-electron chi connectivity index (χ0n) is 10.00. The summed E-state index contributed by atoms with van der Waals surface area (Å²) in [5.74, 6) is 0.892. The fourth-order valence-corrected chi connectivity index (χ4v) is 2.07. The molecule has 2 heterocycles. The van der Waals surface area contributed by atoms with Crippen LogP contribution in [0.15, 0.2) is 0 Å². The summed E-state index contributed by atoms with van der Waals surface area (Å²) in [7, 11) is 2.16. The predicted molar refractivity (Wildman–Crippen MR) is 73.9 cm³/mol. The largest absolute Gasteiger partial charge is 0.338 e. The minimum absolute atomic E-state index is 0.892. The van der Waals surface area contributed by atoms with Crippen LogP contribution in [-0.4, -0.2) is 48.1 Å². The number of hydrogen-bond acceptors (Lipinski definition) is 4. The van der Waals surface area contributed by atoms with E-state index in [1.165, 1.54) is 3.57 Å². The van der Waals surface area contributed by atoms with Crippen LogP contribution in [0.4, 0.5) is 5.95 Å². The van der Waals surface area contributed by atoms with Crippen LogP contribution >= 0.6 is 22.6 Å². The van der Waals surface area contributed by atoms with Gasteiger partial charge in [-0.15, -0.1) is 0 Å². The van der Waals surface area contributed by atoms with E-state index in [0.717, 1.165) is 43.5 Å². The van der Waals surface area contributed by atoms with Crippen LogP contribution in [0.25, 0.3) is 0 Å². The van der Waals surface area contributed by atoms with E-state index >= 15 is 0 Å². The molecule has 0 unspecified atom stereocenters. The van der Waals surface area contributed by atoms with Crippen molar-refractivity contribution in [2.24, 2.45) is 0 Å². The van der Waals surface area contributed by atoms with E-state index in [0.29, 0.717) is 0 Å². The minimum atomic E-state index is 0.892. The SMILES string of the molecule is Cc1nc(N2CCN(C)CC2)nc(C)c1I. The summed E-state index contributed by atoms with van der Waals surface area (Å²) in [6.07, 6.45) is 0. The first kappa shape index (κ1) is 12.0.